The van der Waals surface area contributed by atoms with Gasteiger partial charge in [-0.1, -0.05) is 6.08 Å². The fourth-order valence-electron chi connectivity index (χ4n) is 0.409. The van der Waals surface area contributed by atoms with Crippen LogP contribution in [-0.2, 0) is 4.79 Å². The minimum absolute atomic E-state index is 0. The smallest absolute Gasteiger partial charge is 0.177 e. The number of aliphatic hydroxyl groups excluding tert-OH is 1. The largest absolute Gasteiger partial charge is 0.400 e. The Morgan fingerprint density at radius 3 is 2.40 bits per heavy atom. The lowest BCUT2D eigenvalue weighted by atomic mass is 10.3. The Bertz CT molecular complexity index is 143. The zero-order valence-corrected chi connectivity index (χ0v) is 6.47. The van der Waals surface area contributed by atoms with E-state index in [-0.39, 0.29) is 18.2 Å². The third-order valence-electron chi connectivity index (χ3n) is 0.729. The van der Waals surface area contributed by atoms with E-state index in [1.807, 2.05) is 0 Å². The summed E-state index contributed by atoms with van der Waals surface area (Å²) in [6, 6.07) is 0. The van der Waals surface area contributed by atoms with Gasteiger partial charge in [-0.15, -0.1) is 12.4 Å². The number of aliphatic imine (C=N–C) groups is 1. The van der Waals surface area contributed by atoms with Crippen molar-refractivity contribution in [2.75, 3.05) is 7.11 Å². The van der Waals surface area contributed by atoms with Crippen LogP contribution in [0.3, 0.4) is 0 Å². The molecule has 58 valence electrons. The molecule has 0 unspecified atom stereocenters. The molecule has 0 fully saturated rings. The maximum atomic E-state index is 10.3. The average molecular weight is 164 g/mol. The van der Waals surface area contributed by atoms with Crippen molar-refractivity contribution in [2.24, 2.45) is 4.99 Å². The molecule has 1 heterocycles. The summed E-state index contributed by atoms with van der Waals surface area (Å²) >= 11 is 0. The predicted molar refractivity (Wildman–Crippen MR) is 42.6 cm³/mol. The average Bonchev–Trinajstić information content (AvgIpc) is 1.94. The maximum absolute atomic E-state index is 10.3. The molecule has 0 saturated carbocycles. The Kier molecular flexibility index (Phi) is 10.0. The Labute approximate surface area is 65.9 Å². The predicted octanol–water partition coefficient (Wildman–Crippen LogP) is 0.574. The number of nitrogens with zero attached hydrogens (tertiary/aromatic N) is 1. The normalized spacial score (nSPS) is 13.2. The molecule has 10 heavy (non-hydrogen) atoms. The summed E-state index contributed by atoms with van der Waals surface area (Å²) < 4.78 is 0. The minimum Gasteiger partial charge on any atom is -0.400 e. The van der Waals surface area contributed by atoms with Gasteiger partial charge in [-0.05, 0) is 0 Å². The second kappa shape index (κ2) is 8.33. The van der Waals surface area contributed by atoms with Crippen molar-refractivity contribution < 1.29 is 9.90 Å². The van der Waals surface area contributed by atoms with Gasteiger partial charge in [-0.25, -0.2) is 0 Å². The van der Waals surface area contributed by atoms with Crippen LogP contribution in [0.25, 0.3) is 0 Å². The molecule has 0 aromatic rings. The Hall–Kier alpha value is -0.670. The SMILES string of the molecule is CO.Cl.O=C1C=NC=CC1. The summed E-state index contributed by atoms with van der Waals surface area (Å²) in [5.74, 6) is 0.0856. The lowest BCUT2D eigenvalue weighted by Crippen LogP contribution is -1.98. The van der Waals surface area contributed by atoms with Crippen molar-refractivity contribution >= 4 is 24.4 Å². The monoisotopic (exact) mass is 163 g/mol. The van der Waals surface area contributed by atoms with E-state index in [1.54, 1.807) is 12.3 Å². The van der Waals surface area contributed by atoms with Gasteiger partial charge in [-0.3, -0.25) is 9.79 Å². The number of carbonyl (C=O) groups is 1. The molecule has 3 nitrogen and oxygen atoms in total. The molecule has 0 saturated heterocycles. The van der Waals surface area contributed by atoms with Gasteiger partial charge in [0.1, 0.15) is 0 Å². The van der Waals surface area contributed by atoms with Crippen LogP contribution >= 0.6 is 12.4 Å². The van der Waals surface area contributed by atoms with Crippen molar-refractivity contribution in [2.45, 2.75) is 6.42 Å². The first-order chi connectivity index (χ1) is 4.39. The summed E-state index contributed by atoms with van der Waals surface area (Å²) in [5.41, 5.74) is 0. The number of carbonyl (C=O) groups excluding carboxylic acids is 1. The molecule has 0 bridgehead atoms. The second-order valence-electron chi connectivity index (χ2n) is 1.33. The Morgan fingerprint density at radius 2 is 2.20 bits per heavy atom. The molecule has 0 radical (unpaired) electrons. The molecular formula is C6H10ClNO2. The number of halogens is 1. The van der Waals surface area contributed by atoms with Crippen LogP contribution in [0.5, 0.6) is 0 Å². The van der Waals surface area contributed by atoms with E-state index in [0.29, 0.717) is 6.42 Å². The van der Waals surface area contributed by atoms with E-state index < -0.39 is 0 Å². The first-order valence-electron chi connectivity index (χ1n) is 2.55. The van der Waals surface area contributed by atoms with Gasteiger partial charge >= 0.3 is 0 Å². The van der Waals surface area contributed by atoms with Crippen LogP contribution in [-0.4, -0.2) is 24.2 Å². The van der Waals surface area contributed by atoms with Gasteiger partial charge in [-0.2, -0.15) is 0 Å². The van der Waals surface area contributed by atoms with Crippen LogP contribution in [0.2, 0.25) is 0 Å². The van der Waals surface area contributed by atoms with Crippen LogP contribution in [0.15, 0.2) is 17.3 Å². The molecule has 1 aliphatic rings. The first kappa shape index (κ1) is 12.0. The van der Waals surface area contributed by atoms with E-state index in [2.05, 4.69) is 4.99 Å². The molecular weight excluding hydrogens is 154 g/mol. The minimum atomic E-state index is 0. The standard InChI is InChI=1S/C5H5NO.CH4O.ClH/c7-5-2-1-3-6-4-5;1-2;/h1,3-4H,2H2;2H,1H3;1H. The van der Waals surface area contributed by atoms with E-state index in [0.717, 1.165) is 7.11 Å². The summed E-state index contributed by atoms with van der Waals surface area (Å²) in [4.78, 5) is 13.9. The van der Waals surface area contributed by atoms with Crippen LogP contribution < -0.4 is 0 Å². The fourth-order valence-corrected chi connectivity index (χ4v) is 0.409. The highest BCUT2D eigenvalue weighted by molar-refractivity contribution is 6.28. The third kappa shape index (κ3) is 5.47. The number of Topliss-reactive ketones (excluding diaryl/α,β-unsaturated/α-hetero) is 1. The molecule has 1 rings (SSSR count). The molecule has 0 aromatic carbocycles. The van der Waals surface area contributed by atoms with Crippen molar-refractivity contribution in [3.8, 4) is 0 Å². The lowest BCUT2D eigenvalue weighted by Gasteiger charge is -1.88. The number of allylic oxidation sites excluding steroid dienone is 1. The van der Waals surface area contributed by atoms with E-state index in [4.69, 9.17) is 5.11 Å². The van der Waals surface area contributed by atoms with Gasteiger partial charge in [0.2, 0.25) is 0 Å². The maximum Gasteiger partial charge on any atom is 0.177 e. The molecule has 0 atom stereocenters. The second-order valence-corrected chi connectivity index (χ2v) is 1.33. The Balaban J connectivity index is 0. The summed E-state index contributed by atoms with van der Waals surface area (Å²) in [6.45, 7) is 0. The van der Waals surface area contributed by atoms with Crippen molar-refractivity contribution in [3.05, 3.63) is 12.3 Å². The van der Waals surface area contributed by atoms with Crippen LogP contribution in [0.4, 0.5) is 0 Å². The highest BCUT2D eigenvalue weighted by Crippen LogP contribution is 1.89. The molecule has 0 aromatic heterocycles. The van der Waals surface area contributed by atoms with E-state index in [9.17, 15) is 4.79 Å². The molecule has 0 amide bonds. The molecule has 0 spiro atoms. The van der Waals surface area contributed by atoms with Gasteiger partial charge < -0.3 is 5.11 Å². The zero-order valence-electron chi connectivity index (χ0n) is 5.65. The number of hydrogen-bond donors (Lipinski definition) is 1. The number of rotatable bonds is 0. The van der Waals surface area contributed by atoms with Crippen molar-refractivity contribution in [1.29, 1.82) is 0 Å². The zero-order chi connectivity index (χ0) is 7.11. The van der Waals surface area contributed by atoms with E-state index >= 15 is 0 Å². The summed E-state index contributed by atoms with van der Waals surface area (Å²) in [7, 11) is 1.00. The molecule has 4 heteroatoms. The number of hydrogen-bond acceptors (Lipinski definition) is 3. The van der Waals surface area contributed by atoms with Crippen molar-refractivity contribution in [1.82, 2.24) is 0 Å². The lowest BCUT2D eigenvalue weighted by molar-refractivity contribution is -0.111. The molecule has 1 N–H and O–H groups in total. The highest BCUT2D eigenvalue weighted by Gasteiger charge is 1.93. The van der Waals surface area contributed by atoms with Crippen molar-refractivity contribution in [3.63, 3.8) is 0 Å². The van der Waals surface area contributed by atoms with Gasteiger partial charge in [0.25, 0.3) is 0 Å². The quantitative estimate of drug-likeness (QED) is 0.568. The molecule has 1 aliphatic heterocycles. The van der Waals surface area contributed by atoms with Gasteiger partial charge in [0.15, 0.2) is 5.78 Å². The fraction of sp³-hybridized carbons (Fsp3) is 0.333. The topological polar surface area (TPSA) is 49.7 Å². The number of aliphatic hydroxyl groups is 1. The summed E-state index contributed by atoms with van der Waals surface area (Å²) in [5, 5.41) is 7.00. The molecule has 0 aliphatic carbocycles. The van der Waals surface area contributed by atoms with Gasteiger partial charge in [0.05, 0.1) is 6.21 Å². The van der Waals surface area contributed by atoms with Crippen LogP contribution in [0.1, 0.15) is 6.42 Å². The number of ketones is 1. The summed E-state index contributed by atoms with van der Waals surface area (Å²) in [6.07, 6.45) is 5.22. The third-order valence-corrected chi connectivity index (χ3v) is 0.729. The van der Waals surface area contributed by atoms with Gasteiger partial charge in [0, 0.05) is 19.7 Å². The van der Waals surface area contributed by atoms with E-state index in [1.165, 1.54) is 6.21 Å². The Morgan fingerprint density at radius 1 is 1.60 bits per heavy atom. The highest BCUT2D eigenvalue weighted by atomic mass is 35.5. The van der Waals surface area contributed by atoms with Crippen LogP contribution in [0, 0.1) is 0 Å². The first-order valence-corrected chi connectivity index (χ1v) is 2.55.